The monoisotopic (exact) mass is 578 g/mol. The molecule has 0 rings (SSSR count). The van der Waals surface area contributed by atoms with Crippen LogP contribution in [0.25, 0.3) is 0 Å². The highest BCUT2D eigenvalue weighted by atomic mass is 31.2. The maximum Gasteiger partial charge on any atom is 0.472 e. The van der Waals surface area contributed by atoms with Crippen molar-refractivity contribution >= 4 is 7.82 Å². The van der Waals surface area contributed by atoms with Crippen molar-refractivity contribution in [2.45, 2.75) is 174 Å². The topological polar surface area (TPSA) is 74.2 Å². The minimum Gasteiger partial charge on any atom is -0.379 e. The zero-order valence-electron chi connectivity index (χ0n) is 26.3. The number of phosphoric ester groups is 1. The molecule has 0 saturated carbocycles. The molecule has 0 aliphatic heterocycles. The molecule has 2 unspecified atom stereocenters. The summed E-state index contributed by atoms with van der Waals surface area (Å²) in [6.07, 6.45) is 31.1. The minimum atomic E-state index is -4.01. The third kappa shape index (κ3) is 30.8. The SMILES string of the molecule is CCCCCCCCCCCCCCOCC(COP(=O)(O)OC)OCCCCCCCCCCCCCC. The zero-order valence-corrected chi connectivity index (χ0v) is 27.2. The minimum absolute atomic E-state index is 0.00167. The molecule has 0 amide bonds. The zero-order chi connectivity index (χ0) is 28.7. The summed E-state index contributed by atoms with van der Waals surface area (Å²) in [7, 11) is -2.83. The van der Waals surface area contributed by atoms with Gasteiger partial charge in [0, 0.05) is 20.3 Å². The van der Waals surface area contributed by atoms with Gasteiger partial charge in [0.2, 0.25) is 0 Å². The number of rotatable bonds is 33. The summed E-state index contributed by atoms with van der Waals surface area (Å²) >= 11 is 0. The van der Waals surface area contributed by atoms with E-state index < -0.39 is 7.82 Å². The van der Waals surface area contributed by atoms with E-state index in [1.807, 2.05) is 0 Å². The fourth-order valence-corrected chi connectivity index (χ4v) is 5.29. The van der Waals surface area contributed by atoms with Crippen LogP contribution in [-0.2, 0) is 23.1 Å². The lowest BCUT2D eigenvalue weighted by atomic mass is 10.1. The molecule has 0 aliphatic rings. The molecule has 0 aliphatic carbocycles. The Kier molecular flexibility index (Phi) is 31.0. The van der Waals surface area contributed by atoms with Gasteiger partial charge in [-0.1, -0.05) is 155 Å². The first kappa shape index (κ1) is 39.0. The molecule has 0 saturated heterocycles. The Balaban J connectivity index is 3.79. The van der Waals surface area contributed by atoms with Gasteiger partial charge in [-0.15, -0.1) is 0 Å². The van der Waals surface area contributed by atoms with Crippen molar-refractivity contribution in [1.29, 1.82) is 0 Å². The summed E-state index contributed by atoms with van der Waals surface area (Å²) in [5.74, 6) is 0. The summed E-state index contributed by atoms with van der Waals surface area (Å²) in [5, 5.41) is 0. The number of hydrogen-bond donors (Lipinski definition) is 1. The highest BCUT2D eigenvalue weighted by Crippen LogP contribution is 2.42. The average Bonchev–Trinajstić information content (AvgIpc) is 2.93. The summed E-state index contributed by atoms with van der Waals surface area (Å²) in [4.78, 5) is 9.57. The lowest BCUT2D eigenvalue weighted by Crippen LogP contribution is -2.26. The maximum absolute atomic E-state index is 11.7. The Bertz CT molecular complexity index is 519. The molecule has 1 N–H and O–H groups in total. The van der Waals surface area contributed by atoms with E-state index in [2.05, 4.69) is 18.4 Å². The molecule has 0 aromatic heterocycles. The van der Waals surface area contributed by atoms with Crippen LogP contribution in [0.5, 0.6) is 0 Å². The summed E-state index contributed by atoms with van der Waals surface area (Å²) < 4.78 is 33.1. The summed E-state index contributed by atoms with van der Waals surface area (Å²) in [6.45, 7) is 6.22. The Morgan fingerprint density at radius 1 is 0.538 bits per heavy atom. The first-order valence-corrected chi connectivity index (χ1v) is 18.3. The van der Waals surface area contributed by atoms with Crippen molar-refractivity contribution in [3.63, 3.8) is 0 Å². The predicted octanol–water partition coefficient (Wildman–Crippen LogP) is 10.6. The second kappa shape index (κ2) is 31.0. The van der Waals surface area contributed by atoms with E-state index >= 15 is 0 Å². The number of ether oxygens (including phenoxy) is 2. The smallest absolute Gasteiger partial charge is 0.379 e. The second-order valence-electron chi connectivity index (χ2n) is 11.3. The van der Waals surface area contributed by atoms with Crippen LogP contribution in [0.3, 0.4) is 0 Å². The van der Waals surface area contributed by atoms with Crippen LogP contribution < -0.4 is 0 Å². The highest BCUT2D eigenvalue weighted by molar-refractivity contribution is 7.47. The van der Waals surface area contributed by atoms with Crippen molar-refractivity contribution in [2.75, 3.05) is 33.5 Å². The molecule has 0 heterocycles. The van der Waals surface area contributed by atoms with Gasteiger partial charge in [0.1, 0.15) is 6.10 Å². The fourth-order valence-electron chi connectivity index (χ4n) is 4.83. The van der Waals surface area contributed by atoms with Crippen LogP contribution in [-0.4, -0.2) is 44.5 Å². The molecular weight excluding hydrogens is 511 g/mol. The van der Waals surface area contributed by atoms with Gasteiger partial charge in [0.15, 0.2) is 0 Å². The molecule has 7 heteroatoms. The van der Waals surface area contributed by atoms with E-state index in [4.69, 9.17) is 14.0 Å². The third-order valence-corrected chi connectivity index (χ3v) is 8.39. The van der Waals surface area contributed by atoms with E-state index in [0.29, 0.717) is 19.8 Å². The van der Waals surface area contributed by atoms with Crippen LogP contribution in [0.2, 0.25) is 0 Å². The number of hydrogen-bond acceptors (Lipinski definition) is 5. The Morgan fingerprint density at radius 3 is 1.28 bits per heavy atom. The maximum atomic E-state index is 11.7. The van der Waals surface area contributed by atoms with Gasteiger partial charge in [-0.3, -0.25) is 9.05 Å². The first-order valence-electron chi connectivity index (χ1n) is 16.8. The van der Waals surface area contributed by atoms with E-state index in [0.717, 1.165) is 19.3 Å². The first-order chi connectivity index (χ1) is 19.1. The largest absolute Gasteiger partial charge is 0.472 e. The van der Waals surface area contributed by atoms with E-state index in [1.165, 1.54) is 142 Å². The molecule has 0 spiro atoms. The lowest BCUT2D eigenvalue weighted by Gasteiger charge is -2.19. The van der Waals surface area contributed by atoms with Crippen molar-refractivity contribution in [2.24, 2.45) is 0 Å². The molecule has 0 radical (unpaired) electrons. The van der Waals surface area contributed by atoms with Gasteiger partial charge >= 0.3 is 7.82 Å². The predicted molar refractivity (Wildman–Crippen MR) is 166 cm³/mol. The quantitative estimate of drug-likeness (QED) is 0.0617. The standard InChI is InChI=1S/C32H67O6P/c1-4-6-8-10-12-14-16-18-20-22-24-26-28-36-30-32(31-38-39(33,34)35-3)37-29-27-25-23-21-19-17-15-13-11-9-7-5-2/h32H,4-31H2,1-3H3,(H,33,34). The van der Waals surface area contributed by atoms with Crippen LogP contribution in [0.15, 0.2) is 0 Å². The number of phosphoric acid groups is 1. The van der Waals surface area contributed by atoms with Crippen LogP contribution in [0.4, 0.5) is 0 Å². The molecule has 0 bridgehead atoms. The summed E-state index contributed by atoms with van der Waals surface area (Å²) in [5.41, 5.74) is 0. The van der Waals surface area contributed by atoms with Gasteiger partial charge < -0.3 is 14.4 Å². The molecule has 2 atom stereocenters. The fraction of sp³-hybridized carbons (Fsp3) is 1.00. The van der Waals surface area contributed by atoms with E-state index in [-0.39, 0.29) is 12.7 Å². The van der Waals surface area contributed by atoms with Crippen molar-refractivity contribution in [1.82, 2.24) is 0 Å². The average molecular weight is 579 g/mol. The number of unbranched alkanes of at least 4 members (excludes halogenated alkanes) is 22. The Hall–Kier alpha value is 0.0300. The van der Waals surface area contributed by atoms with Crippen molar-refractivity contribution < 1.29 is 28.0 Å². The van der Waals surface area contributed by atoms with Gasteiger partial charge in [-0.2, -0.15) is 0 Å². The van der Waals surface area contributed by atoms with Crippen LogP contribution in [0, 0.1) is 0 Å². The van der Waals surface area contributed by atoms with Gasteiger partial charge in [-0.05, 0) is 12.8 Å². The molecule has 6 nitrogen and oxygen atoms in total. The molecule has 236 valence electrons. The van der Waals surface area contributed by atoms with E-state index in [9.17, 15) is 9.46 Å². The molecule has 0 fully saturated rings. The molecule has 0 aromatic rings. The molecule has 0 aromatic carbocycles. The van der Waals surface area contributed by atoms with Gasteiger partial charge in [0.05, 0.1) is 13.2 Å². The van der Waals surface area contributed by atoms with Gasteiger partial charge in [0.25, 0.3) is 0 Å². The van der Waals surface area contributed by atoms with E-state index in [1.54, 1.807) is 0 Å². The Morgan fingerprint density at radius 2 is 0.897 bits per heavy atom. The highest BCUT2D eigenvalue weighted by Gasteiger charge is 2.22. The Labute approximate surface area is 243 Å². The molecular formula is C32H67O6P. The second-order valence-corrected chi connectivity index (χ2v) is 12.9. The van der Waals surface area contributed by atoms with Crippen LogP contribution in [0.1, 0.15) is 168 Å². The molecule has 39 heavy (non-hydrogen) atoms. The van der Waals surface area contributed by atoms with Crippen molar-refractivity contribution in [3.05, 3.63) is 0 Å². The lowest BCUT2D eigenvalue weighted by molar-refractivity contribution is -0.0437. The normalized spacial score (nSPS) is 14.1. The van der Waals surface area contributed by atoms with Crippen molar-refractivity contribution in [3.8, 4) is 0 Å². The third-order valence-electron chi connectivity index (χ3n) is 7.45. The van der Waals surface area contributed by atoms with Gasteiger partial charge in [-0.25, -0.2) is 4.57 Å². The van der Waals surface area contributed by atoms with Crippen LogP contribution >= 0.6 is 7.82 Å². The summed E-state index contributed by atoms with van der Waals surface area (Å²) in [6, 6.07) is 0.